The molecule has 1 heterocycles. The summed E-state index contributed by atoms with van der Waals surface area (Å²) in [5.74, 6) is 0.675. The van der Waals surface area contributed by atoms with Gasteiger partial charge in [0.25, 0.3) is 0 Å². The van der Waals surface area contributed by atoms with E-state index in [1.54, 1.807) is 12.1 Å². The van der Waals surface area contributed by atoms with E-state index in [9.17, 15) is 4.39 Å². The molecule has 3 aromatic rings. The standard InChI is InChI=1S/C18H18FNO/c1-12(15-8-4-5-9-16(15)19)20-13(2)18-11-14-7-3-6-10-17(14)21-18/h3-13,20H,1-2H3/t12-,13?/m1/s1. The molecule has 2 nitrogen and oxygen atoms in total. The van der Waals surface area contributed by atoms with Gasteiger partial charge in [0.2, 0.25) is 0 Å². The first kappa shape index (κ1) is 13.8. The Labute approximate surface area is 123 Å². The maximum Gasteiger partial charge on any atom is 0.134 e. The minimum absolute atomic E-state index is 0.00649. The van der Waals surface area contributed by atoms with Gasteiger partial charge in [-0.1, -0.05) is 36.4 Å². The summed E-state index contributed by atoms with van der Waals surface area (Å²) in [5, 5.41) is 4.46. The molecule has 1 N–H and O–H groups in total. The smallest absolute Gasteiger partial charge is 0.134 e. The molecule has 0 aliphatic heterocycles. The molecule has 3 rings (SSSR count). The third-order valence-electron chi connectivity index (χ3n) is 3.74. The molecule has 0 aliphatic rings. The van der Waals surface area contributed by atoms with E-state index < -0.39 is 0 Å². The van der Waals surface area contributed by atoms with Crippen molar-refractivity contribution in [2.24, 2.45) is 0 Å². The molecule has 0 saturated carbocycles. The van der Waals surface area contributed by atoms with E-state index >= 15 is 0 Å². The zero-order valence-corrected chi connectivity index (χ0v) is 12.1. The van der Waals surface area contributed by atoms with Gasteiger partial charge in [-0.05, 0) is 32.0 Å². The van der Waals surface area contributed by atoms with E-state index in [1.807, 2.05) is 50.2 Å². The van der Waals surface area contributed by atoms with Gasteiger partial charge in [-0.3, -0.25) is 0 Å². The number of benzene rings is 2. The highest BCUT2D eigenvalue weighted by Gasteiger charge is 2.16. The topological polar surface area (TPSA) is 25.2 Å². The average molecular weight is 283 g/mol. The van der Waals surface area contributed by atoms with Crippen LogP contribution in [0.4, 0.5) is 4.39 Å². The summed E-state index contributed by atoms with van der Waals surface area (Å²) in [5.41, 5.74) is 1.54. The van der Waals surface area contributed by atoms with E-state index in [4.69, 9.17) is 4.42 Å². The van der Waals surface area contributed by atoms with E-state index in [1.165, 1.54) is 6.07 Å². The molecule has 3 heteroatoms. The molecule has 1 unspecified atom stereocenters. The Morgan fingerprint density at radius 3 is 2.43 bits per heavy atom. The molecule has 0 spiro atoms. The Morgan fingerprint density at radius 2 is 1.67 bits per heavy atom. The lowest BCUT2D eigenvalue weighted by Gasteiger charge is -2.19. The summed E-state index contributed by atoms with van der Waals surface area (Å²) in [6.07, 6.45) is 0. The number of halogens is 1. The minimum atomic E-state index is -0.186. The summed E-state index contributed by atoms with van der Waals surface area (Å²) in [6, 6.07) is 16.7. The largest absolute Gasteiger partial charge is 0.459 e. The second kappa shape index (κ2) is 5.70. The normalized spacial score (nSPS) is 14.2. The van der Waals surface area contributed by atoms with Gasteiger partial charge < -0.3 is 9.73 Å². The van der Waals surface area contributed by atoms with Crippen LogP contribution in [0, 0.1) is 5.82 Å². The van der Waals surface area contributed by atoms with E-state index in [0.717, 1.165) is 16.7 Å². The third kappa shape index (κ3) is 2.83. The lowest BCUT2D eigenvalue weighted by Crippen LogP contribution is -2.22. The second-order valence-electron chi connectivity index (χ2n) is 5.32. The molecule has 0 radical (unpaired) electrons. The molecule has 0 aliphatic carbocycles. The van der Waals surface area contributed by atoms with Crippen LogP contribution in [0.1, 0.15) is 37.3 Å². The first-order chi connectivity index (χ1) is 10.1. The van der Waals surface area contributed by atoms with Crippen molar-refractivity contribution in [2.75, 3.05) is 0 Å². The van der Waals surface area contributed by atoms with E-state index in [0.29, 0.717) is 5.56 Å². The minimum Gasteiger partial charge on any atom is -0.459 e. The Morgan fingerprint density at radius 1 is 0.952 bits per heavy atom. The van der Waals surface area contributed by atoms with Crippen LogP contribution in [0.5, 0.6) is 0 Å². The van der Waals surface area contributed by atoms with Gasteiger partial charge in [-0.15, -0.1) is 0 Å². The summed E-state index contributed by atoms with van der Waals surface area (Å²) in [7, 11) is 0. The highest BCUT2D eigenvalue weighted by atomic mass is 19.1. The molecular formula is C18H18FNO. The molecule has 0 bridgehead atoms. The van der Waals surface area contributed by atoms with Gasteiger partial charge in [0.05, 0.1) is 6.04 Å². The Kier molecular flexibility index (Phi) is 3.76. The van der Waals surface area contributed by atoms with Gasteiger partial charge in [0, 0.05) is 17.0 Å². The van der Waals surface area contributed by atoms with Crippen molar-refractivity contribution in [1.29, 1.82) is 0 Å². The predicted molar refractivity (Wildman–Crippen MR) is 82.6 cm³/mol. The molecule has 1 aromatic heterocycles. The van der Waals surface area contributed by atoms with Crippen molar-refractivity contribution in [1.82, 2.24) is 5.32 Å². The quantitative estimate of drug-likeness (QED) is 0.730. The molecular weight excluding hydrogens is 265 g/mol. The van der Waals surface area contributed by atoms with Gasteiger partial charge in [0.15, 0.2) is 0 Å². The number of hydrogen-bond donors (Lipinski definition) is 1. The summed E-state index contributed by atoms with van der Waals surface area (Å²) < 4.78 is 19.6. The zero-order valence-electron chi connectivity index (χ0n) is 12.1. The first-order valence-corrected chi connectivity index (χ1v) is 7.14. The van der Waals surface area contributed by atoms with Crippen LogP contribution in [-0.4, -0.2) is 0 Å². The van der Waals surface area contributed by atoms with Crippen molar-refractivity contribution in [3.8, 4) is 0 Å². The summed E-state index contributed by atoms with van der Waals surface area (Å²) in [4.78, 5) is 0. The molecule has 0 saturated heterocycles. The monoisotopic (exact) mass is 283 g/mol. The SMILES string of the molecule is CC(N[C@H](C)c1ccccc1F)c1cc2ccccc2o1. The number of rotatable bonds is 4. The zero-order chi connectivity index (χ0) is 14.8. The molecule has 108 valence electrons. The van der Waals surface area contributed by atoms with Crippen LogP contribution >= 0.6 is 0 Å². The fourth-order valence-corrected chi connectivity index (χ4v) is 2.59. The first-order valence-electron chi connectivity index (χ1n) is 7.14. The molecule has 0 amide bonds. The molecule has 2 atom stereocenters. The van der Waals surface area contributed by atoms with Crippen LogP contribution in [0.2, 0.25) is 0 Å². The molecule has 21 heavy (non-hydrogen) atoms. The van der Waals surface area contributed by atoms with Gasteiger partial charge in [-0.25, -0.2) is 4.39 Å². The van der Waals surface area contributed by atoms with Crippen molar-refractivity contribution in [2.45, 2.75) is 25.9 Å². The van der Waals surface area contributed by atoms with Gasteiger partial charge >= 0.3 is 0 Å². The van der Waals surface area contributed by atoms with Crippen molar-refractivity contribution >= 4 is 11.0 Å². The third-order valence-corrected chi connectivity index (χ3v) is 3.74. The number of para-hydroxylation sites is 1. The molecule has 0 fully saturated rings. The van der Waals surface area contributed by atoms with Crippen molar-refractivity contribution in [3.05, 3.63) is 71.7 Å². The maximum atomic E-state index is 13.8. The van der Waals surface area contributed by atoms with E-state index in [2.05, 4.69) is 5.32 Å². The second-order valence-corrected chi connectivity index (χ2v) is 5.32. The Bertz CT molecular complexity index is 717. The highest BCUT2D eigenvalue weighted by Crippen LogP contribution is 2.26. The predicted octanol–water partition coefficient (Wildman–Crippen LogP) is 4.98. The van der Waals surface area contributed by atoms with Crippen LogP contribution in [-0.2, 0) is 0 Å². The number of nitrogens with one attached hydrogen (secondary N) is 1. The molecule has 2 aromatic carbocycles. The van der Waals surface area contributed by atoms with Gasteiger partial charge in [0.1, 0.15) is 17.2 Å². The summed E-state index contributed by atoms with van der Waals surface area (Å²) in [6.45, 7) is 3.98. The van der Waals surface area contributed by atoms with Crippen LogP contribution in [0.3, 0.4) is 0 Å². The average Bonchev–Trinajstić information content (AvgIpc) is 2.91. The fraction of sp³-hybridized carbons (Fsp3) is 0.222. The number of hydrogen-bond acceptors (Lipinski definition) is 2. The lowest BCUT2D eigenvalue weighted by molar-refractivity contribution is 0.410. The van der Waals surface area contributed by atoms with Crippen LogP contribution in [0.25, 0.3) is 11.0 Å². The number of furan rings is 1. The maximum absolute atomic E-state index is 13.8. The van der Waals surface area contributed by atoms with Crippen LogP contribution in [0.15, 0.2) is 59.0 Å². The number of fused-ring (bicyclic) bond motifs is 1. The van der Waals surface area contributed by atoms with Crippen molar-refractivity contribution in [3.63, 3.8) is 0 Å². The Balaban J connectivity index is 1.79. The van der Waals surface area contributed by atoms with E-state index in [-0.39, 0.29) is 17.9 Å². The lowest BCUT2D eigenvalue weighted by atomic mass is 10.1. The van der Waals surface area contributed by atoms with Gasteiger partial charge in [-0.2, -0.15) is 0 Å². The highest BCUT2D eigenvalue weighted by molar-refractivity contribution is 5.77. The fourth-order valence-electron chi connectivity index (χ4n) is 2.59. The Hall–Kier alpha value is -2.13. The van der Waals surface area contributed by atoms with Crippen LogP contribution < -0.4 is 5.32 Å². The van der Waals surface area contributed by atoms with Crippen molar-refractivity contribution < 1.29 is 8.81 Å². The summed E-state index contributed by atoms with van der Waals surface area (Å²) >= 11 is 0.